The molecule has 1 aromatic heterocycles. The number of aryl methyl sites for hydroxylation is 4. The molecule has 0 amide bonds. The minimum atomic E-state index is -4.35. The number of imidazole rings is 1. The van der Waals surface area contributed by atoms with Crippen molar-refractivity contribution in [1.82, 2.24) is 9.97 Å². The molecule has 0 bridgehead atoms. The van der Waals surface area contributed by atoms with E-state index >= 15 is 0 Å². The first-order valence-electron chi connectivity index (χ1n) is 10.3. The highest BCUT2D eigenvalue weighted by Gasteiger charge is 2.40. The fourth-order valence-corrected chi connectivity index (χ4v) is 4.14. The lowest BCUT2D eigenvalue weighted by Crippen LogP contribution is -2.23. The number of H-pyrrole nitrogens is 1. The Labute approximate surface area is 180 Å². The van der Waals surface area contributed by atoms with Crippen molar-refractivity contribution in [2.75, 3.05) is 0 Å². The van der Waals surface area contributed by atoms with E-state index in [1.165, 1.54) is 0 Å². The average Bonchev–Trinajstić information content (AvgIpc) is 3.10. The number of hydrogen-bond donors (Lipinski definition) is 1. The molecular weight excluding hydrogens is 397 g/mol. The Kier molecular flexibility index (Phi) is 5.38. The maximum absolute atomic E-state index is 14.0. The van der Waals surface area contributed by atoms with E-state index in [9.17, 15) is 13.2 Å². The van der Waals surface area contributed by atoms with Crippen LogP contribution in [0.15, 0.2) is 54.6 Å². The monoisotopic (exact) mass is 422 g/mol. The third kappa shape index (κ3) is 4.22. The van der Waals surface area contributed by atoms with Crippen LogP contribution in [-0.2, 0) is 6.42 Å². The predicted octanol–water partition coefficient (Wildman–Crippen LogP) is 7.35. The zero-order valence-electron chi connectivity index (χ0n) is 18.1. The quantitative estimate of drug-likeness (QED) is 0.366. The molecule has 3 aromatic carbocycles. The molecule has 0 spiro atoms. The van der Waals surface area contributed by atoms with E-state index in [1.807, 2.05) is 58.0 Å². The summed E-state index contributed by atoms with van der Waals surface area (Å²) in [6.45, 7) is 7.89. The molecule has 0 saturated heterocycles. The van der Waals surface area contributed by atoms with Crippen LogP contribution < -0.4 is 0 Å². The molecule has 0 aliphatic heterocycles. The minimum Gasteiger partial charge on any atom is -0.338 e. The van der Waals surface area contributed by atoms with E-state index in [1.54, 1.807) is 24.3 Å². The second-order valence-electron chi connectivity index (χ2n) is 8.35. The van der Waals surface area contributed by atoms with Gasteiger partial charge in [0.1, 0.15) is 5.82 Å². The first-order chi connectivity index (χ1) is 14.6. The minimum absolute atomic E-state index is 0.0893. The summed E-state index contributed by atoms with van der Waals surface area (Å²) >= 11 is 0. The first-order valence-corrected chi connectivity index (χ1v) is 10.3. The normalized spacial score (nSPS) is 13.0. The zero-order chi connectivity index (χ0) is 22.3. The molecule has 1 unspecified atom stereocenters. The Morgan fingerprint density at radius 3 is 2.19 bits per heavy atom. The summed E-state index contributed by atoms with van der Waals surface area (Å²) in [6.07, 6.45) is -4.43. The van der Waals surface area contributed by atoms with E-state index in [-0.39, 0.29) is 12.0 Å². The molecule has 4 aromatic rings. The van der Waals surface area contributed by atoms with Crippen LogP contribution in [0.3, 0.4) is 0 Å². The standard InChI is InChI=1S/C26H25F3N2/c1-15-8-9-19(12-18(15)4)13-21(26(27,28)29)20-10-11-22-23(14-20)31-25(30-22)24-16(2)6-5-7-17(24)3/h5-12,14,21H,13H2,1-4H3,(H,30,31). The van der Waals surface area contributed by atoms with Crippen LogP contribution in [0.2, 0.25) is 0 Å². The molecule has 160 valence electrons. The van der Waals surface area contributed by atoms with Gasteiger partial charge in [-0.15, -0.1) is 0 Å². The summed E-state index contributed by atoms with van der Waals surface area (Å²) in [5, 5.41) is 0. The molecule has 1 atom stereocenters. The Hall–Kier alpha value is -3.08. The number of nitrogens with one attached hydrogen (secondary N) is 1. The highest BCUT2D eigenvalue weighted by Crippen LogP contribution is 2.39. The number of nitrogens with zero attached hydrogens (tertiary/aromatic N) is 1. The third-order valence-electron chi connectivity index (χ3n) is 6.03. The number of aromatic nitrogens is 2. The number of hydrogen-bond acceptors (Lipinski definition) is 1. The lowest BCUT2D eigenvalue weighted by atomic mass is 9.90. The summed E-state index contributed by atoms with van der Waals surface area (Å²) in [5.41, 5.74) is 7.41. The predicted molar refractivity (Wildman–Crippen MR) is 119 cm³/mol. The fourth-order valence-electron chi connectivity index (χ4n) is 4.14. The SMILES string of the molecule is Cc1ccc(CC(c2ccc3nc(-c4c(C)cccc4C)[nH]c3c2)C(F)(F)F)cc1C. The Morgan fingerprint density at radius 2 is 1.55 bits per heavy atom. The number of alkyl halides is 3. The fraction of sp³-hybridized carbons (Fsp3) is 0.269. The molecule has 4 rings (SSSR count). The van der Waals surface area contributed by atoms with Crippen molar-refractivity contribution in [3.8, 4) is 11.4 Å². The van der Waals surface area contributed by atoms with E-state index < -0.39 is 12.1 Å². The second kappa shape index (κ2) is 7.88. The smallest absolute Gasteiger partial charge is 0.338 e. The van der Waals surface area contributed by atoms with Gasteiger partial charge in [-0.2, -0.15) is 13.2 Å². The summed E-state index contributed by atoms with van der Waals surface area (Å²) in [6, 6.07) is 16.3. The molecule has 1 N–H and O–H groups in total. The molecule has 5 heteroatoms. The van der Waals surface area contributed by atoms with Crippen molar-refractivity contribution in [3.63, 3.8) is 0 Å². The number of benzene rings is 3. The largest absolute Gasteiger partial charge is 0.396 e. The van der Waals surface area contributed by atoms with Gasteiger partial charge in [0.25, 0.3) is 0 Å². The number of halogens is 3. The molecule has 1 heterocycles. The molecule has 0 fully saturated rings. The molecule has 0 aliphatic rings. The maximum Gasteiger partial charge on any atom is 0.396 e. The molecule has 2 nitrogen and oxygen atoms in total. The van der Waals surface area contributed by atoms with Gasteiger partial charge in [0.2, 0.25) is 0 Å². The van der Waals surface area contributed by atoms with Gasteiger partial charge in [-0.1, -0.05) is 42.5 Å². The van der Waals surface area contributed by atoms with E-state index in [0.29, 0.717) is 22.4 Å². The van der Waals surface area contributed by atoms with Crippen molar-refractivity contribution in [2.24, 2.45) is 0 Å². The zero-order valence-corrected chi connectivity index (χ0v) is 18.1. The lowest BCUT2D eigenvalue weighted by Gasteiger charge is -2.21. The van der Waals surface area contributed by atoms with Crippen LogP contribution in [0.5, 0.6) is 0 Å². The number of rotatable bonds is 4. The van der Waals surface area contributed by atoms with Gasteiger partial charge in [0.15, 0.2) is 0 Å². The van der Waals surface area contributed by atoms with E-state index in [4.69, 9.17) is 0 Å². The third-order valence-corrected chi connectivity index (χ3v) is 6.03. The first kappa shape index (κ1) is 21.2. The van der Waals surface area contributed by atoms with Crippen molar-refractivity contribution < 1.29 is 13.2 Å². The number of fused-ring (bicyclic) bond motifs is 1. The molecule has 31 heavy (non-hydrogen) atoms. The van der Waals surface area contributed by atoms with Crippen LogP contribution in [0.25, 0.3) is 22.4 Å². The van der Waals surface area contributed by atoms with Crippen LogP contribution in [-0.4, -0.2) is 16.1 Å². The summed E-state index contributed by atoms with van der Waals surface area (Å²) in [7, 11) is 0. The highest BCUT2D eigenvalue weighted by atomic mass is 19.4. The van der Waals surface area contributed by atoms with Crippen LogP contribution in [0.1, 0.15) is 39.3 Å². The van der Waals surface area contributed by atoms with Crippen molar-refractivity contribution in [1.29, 1.82) is 0 Å². The van der Waals surface area contributed by atoms with Gasteiger partial charge < -0.3 is 4.98 Å². The number of aromatic amines is 1. The van der Waals surface area contributed by atoms with E-state index in [2.05, 4.69) is 9.97 Å². The van der Waals surface area contributed by atoms with Gasteiger partial charge in [-0.3, -0.25) is 0 Å². The van der Waals surface area contributed by atoms with Gasteiger partial charge in [0, 0.05) is 5.56 Å². The second-order valence-corrected chi connectivity index (χ2v) is 8.35. The Morgan fingerprint density at radius 1 is 0.839 bits per heavy atom. The summed E-state index contributed by atoms with van der Waals surface area (Å²) in [5.74, 6) is -0.897. The van der Waals surface area contributed by atoms with E-state index in [0.717, 1.165) is 27.8 Å². The molecule has 0 radical (unpaired) electrons. The van der Waals surface area contributed by atoms with Crippen LogP contribution in [0, 0.1) is 27.7 Å². The summed E-state index contributed by atoms with van der Waals surface area (Å²) in [4.78, 5) is 7.88. The van der Waals surface area contributed by atoms with Gasteiger partial charge >= 0.3 is 6.18 Å². The Bertz CT molecular complexity index is 1230. The van der Waals surface area contributed by atoms with Crippen molar-refractivity contribution in [2.45, 2.75) is 46.2 Å². The molecule has 0 saturated carbocycles. The topological polar surface area (TPSA) is 28.7 Å². The van der Waals surface area contributed by atoms with Gasteiger partial charge in [-0.25, -0.2) is 4.98 Å². The highest BCUT2D eigenvalue weighted by molar-refractivity contribution is 5.81. The van der Waals surface area contributed by atoms with Gasteiger partial charge in [0.05, 0.1) is 17.0 Å². The average molecular weight is 422 g/mol. The Balaban J connectivity index is 1.74. The summed E-state index contributed by atoms with van der Waals surface area (Å²) < 4.78 is 42.1. The lowest BCUT2D eigenvalue weighted by molar-refractivity contribution is -0.150. The van der Waals surface area contributed by atoms with Gasteiger partial charge in [-0.05, 0) is 79.6 Å². The van der Waals surface area contributed by atoms with Crippen LogP contribution in [0.4, 0.5) is 13.2 Å². The molecule has 0 aliphatic carbocycles. The van der Waals surface area contributed by atoms with Crippen molar-refractivity contribution in [3.05, 3.63) is 88.0 Å². The molecular formula is C26H25F3N2. The maximum atomic E-state index is 14.0. The van der Waals surface area contributed by atoms with Crippen molar-refractivity contribution >= 4 is 11.0 Å². The van der Waals surface area contributed by atoms with Crippen LogP contribution >= 0.6 is 0 Å².